The number of sulfonamides is 1. The Bertz CT molecular complexity index is 1100. The van der Waals surface area contributed by atoms with Crippen molar-refractivity contribution < 1.29 is 31.1 Å². The van der Waals surface area contributed by atoms with Gasteiger partial charge in [0.15, 0.2) is 0 Å². The molecule has 0 spiro atoms. The Morgan fingerprint density at radius 2 is 1.88 bits per heavy atom. The van der Waals surface area contributed by atoms with E-state index < -0.39 is 21.8 Å². The van der Waals surface area contributed by atoms with Gasteiger partial charge in [-0.25, -0.2) is 13.4 Å². The number of halogens is 4. The summed E-state index contributed by atoms with van der Waals surface area (Å²) >= 11 is 5.82. The lowest BCUT2D eigenvalue weighted by molar-refractivity contribution is -0.137. The zero-order chi connectivity index (χ0) is 23.5. The van der Waals surface area contributed by atoms with Crippen molar-refractivity contribution in [1.29, 1.82) is 0 Å². The van der Waals surface area contributed by atoms with Crippen molar-refractivity contribution in [3.8, 4) is 11.6 Å². The molecule has 32 heavy (non-hydrogen) atoms. The molecule has 1 fully saturated rings. The molecule has 2 heterocycles. The van der Waals surface area contributed by atoms with Gasteiger partial charge in [-0.15, -0.1) is 0 Å². The Kier molecular flexibility index (Phi) is 7.11. The van der Waals surface area contributed by atoms with Crippen LogP contribution in [0.5, 0.6) is 11.6 Å². The lowest BCUT2D eigenvalue weighted by atomic mass is 10.1. The Morgan fingerprint density at radius 3 is 2.41 bits per heavy atom. The number of aromatic nitrogens is 1. The van der Waals surface area contributed by atoms with E-state index in [0.717, 1.165) is 0 Å². The molecule has 1 aliphatic rings. The summed E-state index contributed by atoms with van der Waals surface area (Å²) in [5.74, 6) is -0.382. The molecule has 1 aromatic carbocycles. The highest BCUT2D eigenvalue weighted by molar-refractivity contribution is 7.89. The van der Waals surface area contributed by atoms with Gasteiger partial charge in [0.25, 0.3) is 0 Å². The average Bonchev–Trinajstić information content (AvgIpc) is 2.75. The van der Waals surface area contributed by atoms with Crippen LogP contribution in [0.4, 0.5) is 13.2 Å². The Hall–Kier alpha value is -2.63. The molecule has 1 aliphatic heterocycles. The number of pyridine rings is 1. The van der Waals surface area contributed by atoms with Gasteiger partial charge in [-0.1, -0.05) is 18.2 Å². The van der Waals surface area contributed by atoms with E-state index in [1.165, 1.54) is 34.6 Å². The molecule has 0 aliphatic carbocycles. The molecule has 2 aromatic rings. The van der Waals surface area contributed by atoms with Gasteiger partial charge >= 0.3 is 6.18 Å². The van der Waals surface area contributed by atoms with E-state index in [1.54, 1.807) is 0 Å². The molecule has 7 nitrogen and oxygen atoms in total. The van der Waals surface area contributed by atoms with Crippen molar-refractivity contribution in [2.24, 2.45) is 0 Å². The van der Waals surface area contributed by atoms with Gasteiger partial charge in [0.2, 0.25) is 21.8 Å². The third kappa shape index (κ3) is 5.59. The number of carbonyl (C=O) groups excluding carboxylic acids is 1. The van der Waals surface area contributed by atoms with Gasteiger partial charge in [-0.2, -0.15) is 17.5 Å². The first-order valence-electron chi connectivity index (χ1n) is 9.44. The van der Waals surface area contributed by atoms with E-state index in [4.69, 9.17) is 16.3 Å². The normalized spacial score (nSPS) is 15.9. The molecule has 0 atom stereocenters. The van der Waals surface area contributed by atoms with Crippen molar-refractivity contribution in [3.05, 3.63) is 59.8 Å². The molecule has 12 heteroatoms. The highest BCUT2D eigenvalue weighted by Gasteiger charge is 2.32. The summed E-state index contributed by atoms with van der Waals surface area (Å²) in [6.45, 7) is 3.87. The van der Waals surface area contributed by atoms with E-state index in [-0.39, 0.29) is 46.6 Å². The highest BCUT2D eigenvalue weighted by Crippen LogP contribution is 2.35. The zero-order valence-electron chi connectivity index (χ0n) is 16.6. The van der Waals surface area contributed by atoms with Crippen LogP contribution in [-0.2, 0) is 21.0 Å². The predicted molar refractivity (Wildman–Crippen MR) is 111 cm³/mol. The summed E-state index contributed by atoms with van der Waals surface area (Å²) in [7, 11) is -3.76. The highest BCUT2D eigenvalue weighted by atomic mass is 35.5. The summed E-state index contributed by atoms with van der Waals surface area (Å²) in [5.41, 5.74) is -1.01. The predicted octanol–water partition coefficient (Wildman–Crippen LogP) is 4.00. The number of benzene rings is 1. The minimum atomic E-state index is -4.59. The summed E-state index contributed by atoms with van der Waals surface area (Å²) in [4.78, 5) is 15.0. The van der Waals surface area contributed by atoms with Gasteiger partial charge < -0.3 is 10.1 Å². The Labute approximate surface area is 187 Å². The summed E-state index contributed by atoms with van der Waals surface area (Å²) in [5, 5.41) is 2.42. The van der Waals surface area contributed by atoms with Crippen LogP contribution < -0.4 is 10.1 Å². The van der Waals surface area contributed by atoms with Gasteiger partial charge in [0, 0.05) is 25.3 Å². The van der Waals surface area contributed by atoms with Crippen LogP contribution in [0.3, 0.4) is 0 Å². The van der Waals surface area contributed by atoms with Crippen LogP contribution in [0, 0.1) is 0 Å². The topological polar surface area (TPSA) is 88.6 Å². The number of alkyl halides is 3. The molecular formula is C20H19ClF3N3O4S. The fourth-order valence-electron chi connectivity index (χ4n) is 3.10. The first-order valence-corrected chi connectivity index (χ1v) is 11.3. The second-order valence-corrected chi connectivity index (χ2v) is 9.32. The molecule has 1 aromatic heterocycles. The molecule has 172 valence electrons. The molecule has 0 unspecified atom stereocenters. The molecule has 1 N–H and O–H groups in total. The maximum Gasteiger partial charge on any atom is 0.417 e. The van der Waals surface area contributed by atoms with E-state index >= 15 is 0 Å². The fraction of sp³-hybridized carbons (Fsp3) is 0.300. The summed E-state index contributed by atoms with van der Waals surface area (Å²) < 4.78 is 70.6. The van der Waals surface area contributed by atoms with Crippen molar-refractivity contribution in [1.82, 2.24) is 14.6 Å². The van der Waals surface area contributed by atoms with Gasteiger partial charge in [-0.05, 0) is 49.2 Å². The van der Waals surface area contributed by atoms with Gasteiger partial charge in [0.1, 0.15) is 10.8 Å². The minimum absolute atomic E-state index is 0.0323. The summed E-state index contributed by atoms with van der Waals surface area (Å²) in [6, 6.07) is 5.95. The number of nitrogens with one attached hydrogen (secondary N) is 1. The third-order valence-electron chi connectivity index (χ3n) is 4.80. The number of hydrogen-bond acceptors (Lipinski definition) is 5. The molecule has 1 saturated heterocycles. The van der Waals surface area contributed by atoms with Crippen LogP contribution in [0.25, 0.3) is 0 Å². The van der Waals surface area contributed by atoms with Crippen LogP contribution >= 0.6 is 11.6 Å². The minimum Gasteiger partial charge on any atom is -0.438 e. The van der Waals surface area contributed by atoms with Crippen molar-refractivity contribution in [2.45, 2.75) is 30.0 Å². The van der Waals surface area contributed by atoms with Crippen LogP contribution in [0.1, 0.15) is 18.4 Å². The fourth-order valence-corrected chi connectivity index (χ4v) is 4.77. The smallest absolute Gasteiger partial charge is 0.417 e. The quantitative estimate of drug-likeness (QED) is 0.620. The molecule has 1 amide bonds. The number of piperidine rings is 1. The number of hydrogen-bond donors (Lipinski definition) is 1. The van der Waals surface area contributed by atoms with Crippen molar-refractivity contribution in [2.75, 3.05) is 13.1 Å². The molecule has 3 rings (SSSR count). The second kappa shape index (κ2) is 9.47. The van der Waals surface area contributed by atoms with Gasteiger partial charge in [0.05, 0.1) is 10.5 Å². The molecular weight excluding hydrogens is 471 g/mol. The number of amides is 1. The van der Waals surface area contributed by atoms with Crippen LogP contribution in [0.15, 0.2) is 54.1 Å². The number of ether oxygens (including phenoxy) is 1. The molecule has 0 bridgehead atoms. The monoisotopic (exact) mass is 489 g/mol. The number of carbonyl (C=O) groups is 1. The largest absolute Gasteiger partial charge is 0.438 e. The number of nitrogens with zero attached hydrogens (tertiary/aromatic N) is 2. The SMILES string of the molecule is C=CC(=O)NC1CCN(S(=O)(=O)c2ccc(Oc3ncc(C(F)(F)F)cc3Cl)cc2)CC1. The van der Waals surface area contributed by atoms with Gasteiger partial charge in [-0.3, -0.25) is 4.79 Å². The zero-order valence-corrected chi connectivity index (χ0v) is 18.2. The molecule has 0 radical (unpaired) electrons. The van der Waals surface area contributed by atoms with Crippen molar-refractivity contribution in [3.63, 3.8) is 0 Å². The van der Waals surface area contributed by atoms with E-state index in [2.05, 4.69) is 16.9 Å². The van der Waals surface area contributed by atoms with E-state index in [1.807, 2.05) is 0 Å². The first kappa shape index (κ1) is 24.0. The third-order valence-corrected chi connectivity index (χ3v) is 6.98. The van der Waals surface area contributed by atoms with Crippen molar-refractivity contribution >= 4 is 27.5 Å². The average molecular weight is 490 g/mol. The Balaban J connectivity index is 1.66. The summed E-state index contributed by atoms with van der Waals surface area (Å²) in [6.07, 6.45) is -1.88. The van der Waals surface area contributed by atoms with E-state index in [0.29, 0.717) is 25.1 Å². The second-order valence-electron chi connectivity index (χ2n) is 6.97. The maximum absolute atomic E-state index is 12.9. The maximum atomic E-state index is 12.9. The van der Waals surface area contributed by atoms with Crippen LogP contribution in [0.2, 0.25) is 5.02 Å². The lowest BCUT2D eigenvalue weighted by Gasteiger charge is -2.31. The van der Waals surface area contributed by atoms with Crippen LogP contribution in [-0.4, -0.2) is 42.7 Å². The lowest BCUT2D eigenvalue weighted by Crippen LogP contribution is -2.46. The number of rotatable bonds is 6. The van der Waals surface area contributed by atoms with E-state index in [9.17, 15) is 26.4 Å². The standard InChI is InChI=1S/C20H19ClF3N3O4S/c1-2-18(28)26-14-7-9-27(10-8-14)32(29,30)16-5-3-15(4-6-16)31-19-17(21)11-13(12-25-19)20(22,23)24/h2-6,11-12,14H,1,7-10H2,(H,26,28). The Morgan fingerprint density at radius 1 is 1.25 bits per heavy atom. The molecule has 0 saturated carbocycles. The first-order chi connectivity index (χ1) is 15.0.